The van der Waals surface area contributed by atoms with E-state index in [4.69, 9.17) is 4.74 Å². The molecule has 0 saturated heterocycles. The fourth-order valence-electron chi connectivity index (χ4n) is 3.65. The first-order chi connectivity index (χ1) is 15.3. The molecular weight excluding hydrogens is 382 g/mol. The fraction of sp³-hybridized carbons (Fsp3) is 0.107. The minimum Gasteiger partial charge on any atom is -0.457 e. The van der Waals surface area contributed by atoms with Crippen LogP contribution in [0.15, 0.2) is 115 Å². The summed E-state index contributed by atoms with van der Waals surface area (Å²) in [6.07, 6.45) is 0.819. The molecule has 154 valence electrons. The second kappa shape index (κ2) is 10.3. The van der Waals surface area contributed by atoms with Crippen molar-refractivity contribution in [3.8, 4) is 11.5 Å². The van der Waals surface area contributed by atoms with Gasteiger partial charge in [0.1, 0.15) is 11.5 Å². The number of hydrogen-bond acceptors (Lipinski definition) is 2. The molecule has 3 heteroatoms. The van der Waals surface area contributed by atoms with E-state index in [-0.39, 0.29) is 11.8 Å². The zero-order valence-electron chi connectivity index (χ0n) is 17.3. The molecule has 0 saturated carbocycles. The van der Waals surface area contributed by atoms with Gasteiger partial charge >= 0.3 is 0 Å². The quantitative estimate of drug-likeness (QED) is 0.365. The first kappa shape index (κ1) is 20.4. The zero-order chi connectivity index (χ0) is 21.3. The van der Waals surface area contributed by atoms with Crippen LogP contribution < -0.4 is 10.1 Å². The van der Waals surface area contributed by atoms with E-state index in [1.807, 2.05) is 54.6 Å². The molecule has 0 fully saturated rings. The molecule has 0 radical (unpaired) electrons. The number of hydrogen-bond donors (Lipinski definition) is 1. The predicted molar refractivity (Wildman–Crippen MR) is 125 cm³/mol. The number of amides is 1. The molecule has 1 N–H and O–H groups in total. The number of benzene rings is 4. The summed E-state index contributed by atoms with van der Waals surface area (Å²) in [5.74, 6) is 1.52. The Labute approximate surface area is 183 Å². The number of carbonyl (C=O) groups excluding carboxylic acids is 1. The molecule has 4 rings (SSSR count). The zero-order valence-corrected chi connectivity index (χ0v) is 17.3. The van der Waals surface area contributed by atoms with Crippen LogP contribution in [0.5, 0.6) is 11.5 Å². The van der Waals surface area contributed by atoms with Gasteiger partial charge in [-0.25, -0.2) is 0 Å². The van der Waals surface area contributed by atoms with Gasteiger partial charge in [0, 0.05) is 18.0 Å². The van der Waals surface area contributed by atoms with Gasteiger partial charge in [-0.15, -0.1) is 0 Å². The van der Waals surface area contributed by atoms with Gasteiger partial charge in [0.25, 0.3) is 5.91 Å². The van der Waals surface area contributed by atoms with Crippen molar-refractivity contribution in [2.45, 2.75) is 12.3 Å². The van der Waals surface area contributed by atoms with Gasteiger partial charge in [0.05, 0.1) is 0 Å². The summed E-state index contributed by atoms with van der Waals surface area (Å²) in [6, 6.07) is 37.7. The van der Waals surface area contributed by atoms with E-state index >= 15 is 0 Å². The number of carbonyl (C=O) groups is 1. The Kier molecular flexibility index (Phi) is 6.76. The van der Waals surface area contributed by atoms with Crippen molar-refractivity contribution in [1.82, 2.24) is 5.32 Å². The van der Waals surface area contributed by atoms with Crippen LogP contribution in [0, 0.1) is 0 Å². The average Bonchev–Trinajstić information content (AvgIpc) is 2.84. The molecule has 0 unspecified atom stereocenters. The Bertz CT molecular complexity index is 1060. The van der Waals surface area contributed by atoms with E-state index in [0.717, 1.165) is 12.2 Å². The van der Waals surface area contributed by atoms with E-state index in [2.05, 4.69) is 53.8 Å². The number of ether oxygens (including phenoxy) is 1. The third kappa shape index (κ3) is 5.61. The Morgan fingerprint density at radius 1 is 0.677 bits per heavy atom. The summed E-state index contributed by atoms with van der Waals surface area (Å²) < 4.78 is 5.85. The van der Waals surface area contributed by atoms with Gasteiger partial charge in [0.15, 0.2) is 0 Å². The molecule has 3 nitrogen and oxygen atoms in total. The van der Waals surface area contributed by atoms with Crippen molar-refractivity contribution < 1.29 is 9.53 Å². The minimum atomic E-state index is -0.0987. The van der Waals surface area contributed by atoms with E-state index in [1.54, 1.807) is 12.1 Å². The lowest BCUT2D eigenvalue weighted by Crippen LogP contribution is -2.25. The lowest BCUT2D eigenvalue weighted by atomic mass is 9.88. The van der Waals surface area contributed by atoms with Crippen LogP contribution >= 0.6 is 0 Å². The molecule has 0 aliphatic carbocycles. The first-order valence-corrected chi connectivity index (χ1v) is 10.5. The average molecular weight is 408 g/mol. The Hall–Kier alpha value is -3.85. The van der Waals surface area contributed by atoms with Crippen molar-refractivity contribution in [2.75, 3.05) is 6.54 Å². The molecule has 4 aromatic rings. The monoisotopic (exact) mass is 407 g/mol. The maximum absolute atomic E-state index is 12.7. The fourth-order valence-corrected chi connectivity index (χ4v) is 3.65. The summed E-state index contributed by atoms with van der Waals surface area (Å²) in [5, 5.41) is 3.07. The molecule has 0 atom stereocenters. The molecule has 31 heavy (non-hydrogen) atoms. The molecular formula is C28H25NO2. The predicted octanol–water partition coefficient (Wildman–Crippen LogP) is 6.43. The van der Waals surface area contributed by atoms with Crippen molar-refractivity contribution in [3.63, 3.8) is 0 Å². The second-order valence-corrected chi connectivity index (χ2v) is 7.36. The van der Waals surface area contributed by atoms with Gasteiger partial charge < -0.3 is 10.1 Å². The van der Waals surface area contributed by atoms with E-state index in [9.17, 15) is 4.79 Å². The maximum atomic E-state index is 12.7. The largest absolute Gasteiger partial charge is 0.457 e. The van der Waals surface area contributed by atoms with Crippen molar-refractivity contribution >= 4 is 5.91 Å². The molecule has 0 bridgehead atoms. The van der Waals surface area contributed by atoms with E-state index in [1.165, 1.54) is 11.1 Å². The third-order valence-electron chi connectivity index (χ3n) is 5.20. The van der Waals surface area contributed by atoms with Gasteiger partial charge in [0.2, 0.25) is 0 Å². The number of nitrogens with one attached hydrogen (secondary N) is 1. The minimum absolute atomic E-state index is 0.0987. The highest BCUT2D eigenvalue weighted by Crippen LogP contribution is 2.27. The Balaban J connectivity index is 1.40. The highest BCUT2D eigenvalue weighted by Gasteiger charge is 2.15. The van der Waals surface area contributed by atoms with Gasteiger partial charge in [-0.3, -0.25) is 4.79 Å². The SMILES string of the molecule is O=C(NCCC(c1ccccc1)c1ccccc1)c1cccc(Oc2ccccc2)c1. The summed E-state index contributed by atoms with van der Waals surface area (Å²) >= 11 is 0. The molecule has 0 spiro atoms. The number of rotatable bonds is 8. The van der Waals surface area contributed by atoms with E-state index in [0.29, 0.717) is 17.9 Å². The molecule has 0 heterocycles. The molecule has 0 aromatic heterocycles. The van der Waals surface area contributed by atoms with Crippen LogP contribution in [-0.2, 0) is 0 Å². The lowest BCUT2D eigenvalue weighted by molar-refractivity contribution is 0.0952. The molecule has 4 aromatic carbocycles. The van der Waals surface area contributed by atoms with Gasteiger partial charge in [-0.2, -0.15) is 0 Å². The highest BCUT2D eigenvalue weighted by molar-refractivity contribution is 5.94. The van der Waals surface area contributed by atoms with Gasteiger partial charge in [-0.05, 0) is 47.9 Å². The summed E-state index contributed by atoms with van der Waals surface area (Å²) in [6.45, 7) is 0.580. The van der Waals surface area contributed by atoms with E-state index < -0.39 is 0 Å². The summed E-state index contributed by atoms with van der Waals surface area (Å²) in [5.41, 5.74) is 3.09. The summed E-state index contributed by atoms with van der Waals surface area (Å²) in [7, 11) is 0. The standard InChI is InChI=1S/C28H25NO2/c30-28(24-15-10-18-26(21-24)31-25-16-8-3-9-17-25)29-20-19-27(22-11-4-1-5-12-22)23-13-6-2-7-14-23/h1-18,21,27H,19-20H2,(H,29,30). The first-order valence-electron chi connectivity index (χ1n) is 10.5. The number of para-hydroxylation sites is 1. The molecule has 0 aliphatic heterocycles. The van der Waals surface area contributed by atoms with Crippen LogP contribution in [0.4, 0.5) is 0 Å². The van der Waals surface area contributed by atoms with Crippen LogP contribution in [0.2, 0.25) is 0 Å². The molecule has 0 aliphatic rings. The normalized spacial score (nSPS) is 10.6. The third-order valence-corrected chi connectivity index (χ3v) is 5.20. The topological polar surface area (TPSA) is 38.3 Å². The second-order valence-electron chi connectivity index (χ2n) is 7.36. The Morgan fingerprint density at radius 3 is 1.84 bits per heavy atom. The highest BCUT2D eigenvalue weighted by atomic mass is 16.5. The van der Waals surface area contributed by atoms with Crippen LogP contribution in [0.1, 0.15) is 33.8 Å². The molecule has 1 amide bonds. The van der Waals surface area contributed by atoms with Crippen molar-refractivity contribution in [3.05, 3.63) is 132 Å². The lowest BCUT2D eigenvalue weighted by Gasteiger charge is -2.18. The maximum Gasteiger partial charge on any atom is 0.251 e. The van der Waals surface area contributed by atoms with Crippen LogP contribution in [-0.4, -0.2) is 12.5 Å². The van der Waals surface area contributed by atoms with Gasteiger partial charge in [-0.1, -0.05) is 84.9 Å². The van der Waals surface area contributed by atoms with Crippen LogP contribution in [0.25, 0.3) is 0 Å². The van der Waals surface area contributed by atoms with Crippen molar-refractivity contribution in [2.24, 2.45) is 0 Å². The van der Waals surface area contributed by atoms with Crippen LogP contribution in [0.3, 0.4) is 0 Å². The smallest absolute Gasteiger partial charge is 0.251 e. The van der Waals surface area contributed by atoms with Crippen molar-refractivity contribution in [1.29, 1.82) is 0 Å². The summed E-state index contributed by atoms with van der Waals surface area (Å²) in [4.78, 5) is 12.7. The Morgan fingerprint density at radius 2 is 1.23 bits per heavy atom.